The van der Waals surface area contributed by atoms with Crippen LogP contribution in [0.5, 0.6) is 0 Å². The van der Waals surface area contributed by atoms with Gasteiger partial charge in [0.1, 0.15) is 0 Å². The summed E-state index contributed by atoms with van der Waals surface area (Å²) in [7, 11) is 0. The van der Waals surface area contributed by atoms with E-state index in [0.717, 1.165) is 0 Å². The number of hydrogen-bond donors (Lipinski definition) is 0. The lowest BCUT2D eigenvalue weighted by Crippen LogP contribution is -2.52. The number of hydrogen-bond acceptors (Lipinski definition) is 6. The van der Waals surface area contributed by atoms with Gasteiger partial charge in [0.15, 0.2) is 0 Å². The van der Waals surface area contributed by atoms with Gasteiger partial charge in [-0.05, 0) is 26.3 Å². The maximum atomic E-state index is 12.7. The normalized spacial score (nSPS) is 12.2. The highest BCUT2D eigenvalue weighted by Crippen LogP contribution is 2.40. The molecule has 0 aliphatic carbocycles. The van der Waals surface area contributed by atoms with E-state index < -0.39 is 29.2 Å². The standard InChI is InChI=1S/C18H24O6/c1-5-22-15(19)18(16(20)23-6-2,17(21)24-7-3)13(4)14-11-9-8-10-12-14/h8-13H,5-7H2,1-4H3. The van der Waals surface area contributed by atoms with E-state index in [-0.39, 0.29) is 19.8 Å². The highest BCUT2D eigenvalue weighted by atomic mass is 16.6. The second-order valence-corrected chi connectivity index (χ2v) is 5.10. The summed E-state index contributed by atoms with van der Waals surface area (Å²) in [6, 6.07) is 8.79. The molecule has 6 nitrogen and oxygen atoms in total. The number of carbonyl (C=O) groups excluding carboxylic acids is 3. The first-order valence-electron chi connectivity index (χ1n) is 8.03. The summed E-state index contributed by atoms with van der Waals surface area (Å²) in [5, 5.41) is 0. The van der Waals surface area contributed by atoms with E-state index in [1.54, 1.807) is 58.0 Å². The number of carbonyl (C=O) groups is 3. The fraction of sp³-hybridized carbons (Fsp3) is 0.500. The van der Waals surface area contributed by atoms with Crippen LogP contribution in [0.15, 0.2) is 30.3 Å². The highest BCUT2D eigenvalue weighted by Gasteiger charge is 2.61. The molecule has 0 aromatic heterocycles. The molecule has 132 valence electrons. The monoisotopic (exact) mass is 336 g/mol. The van der Waals surface area contributed by atoms with Gasteiger partial charge in [-0.2, -0.15) is 0 Å². The lowest BCUT2D eigenvalue weighted by atomic mass is 9.72. The van der Waals surface area contributed by atoms with Crippen LogP contribution in [0.2, 0.25) is 0 Å². The third-order valence-electron chi connectivity index (χ3n) is 3.74. The minimum absolute atomic E-state index is 0.0287. The van der Waals surface area contributed by atoms with Crippen LogP contribution in [0.25, 0.3) is 0 Å². The van der Waals surface area contributed by atoms with Crippen molar-refractivity contribution < 1.29 is 28.6 Å². The Morgan fingerprint density at radius 2 is 1.21 bits per heavy atom. The third kappa shape index (κ3) is 3.75. The summed E-state index contributed by atoms with van der Waals surface area (Å²) in [6.45, 7) is 6.51. The van der Waals surface area contributed by atoms with Crippen molar-refractivity contribution in [3.63, 3.8) is 0 Å². The largest absolute Gasteiger partial charge is 0.465 e. The second-order valence-electron chi connectivity index (χ2n) is 5.10. The first-order chi connectivity index (χ1) is 11.5. The molecule has 0 aliphatic rings. The van der Waals surface area contributed by atoms with Crippen molar-refractivity contribution in [2.75, 3.05) is 19.8 Å². The van der Waals surface area contributed by atoms with Gasteiger partial charge in [0.25, 0.3) is 5.41 Å². The zero-order valence-corrected chi connectivity index (χ0v) is 14.5. The van der Waals surface area contributed by atoms with E-state index >= 15 is 0 Å². The Bertz CT molecular complexity index is 521. The van der Waals surface area contributed by atoms with Crippen LogP contribution in [0.4, 0.5) is 0 Å². The van der Waals surface area contributed by atoms with Crippen LogP contribution in [-0.2, 0) is 28.6 Å². The Balaban J connectivity index is 3.52. The zero-order valence-electron chi connectivity index (χ0n) is 14.5. The Hall–Kier alpha value is -2.37. The van der Waals surface area contributed by atoms with Gasteiger partial charge in [-0.3, -0.25) is 14.4 Å². The van der Waals surface area contributed by atoms with Crippen molar-refractivity contribution in [2.45, 2.75) is 33.6 Å². The van der Waals surface area contributed by atoms with Crippen molar-refractivity contribution >= 4 is 17.9 Å². The minimum Gasteiger partial charge on any atom is -0.465 e. The maximum Gasteiger partial charge on any atom is 0.335 e. The van der Waals surface area contributed by atoms with Crippen molar-refractivity contribution in [3.05, 3.63) is 35.9 Å². The Labute approximate surface area is 142 Å². The molecule has 1 unspecified atom stereocenters. The summed E-state index contributed by atoms with van der Waals surface area (Å²) < 4.78 is 15.1. The molecule has 1 aromatic carbocycles. The van der Waals surface area contributed by atoms with Gasteiger partial charge < -0.3 is 14.2 Å². The summed E-state index contributed by atoms with van der Waals surface area (Å²) in [4.78, 5) is 38.1. The van der Waals surface area contributed by atoms with E-state index in [2.05, 4.69) is 0 Å². The molecular formula is C18H24O6. The summed E-state index contributed by atoms with van der Waals surface area (Å²) in [6.07, 6.45) is 0. The summed E-state index contributed by atoms with van der Waals surface area (Å²) in [5.41, 5.74) is -1.56. The molecule has 0 aliphatic heterocycles. The quantitative estimate of drug-likeness (QED) is 0.412. The molecule has 0 saturated carbocycles. The van der Waals surface area contributed by atoms with Gasteiger partial charge in [0.05, 0.1) is 19.8 Å². The molecule has 0 spiro atoms. The van der Waals surface area contributed by atoms with E-state index in [1.165, 1.54) is 0 Å². The number of esters is 3. The molecule has 1 aromatic rings. The van der Waals surface area contributed by atoms with Gasteiger partial charge in [0, 0.05) is 5.92 Å². The van der Waals surface area contributed by atoms with Gasteiger partial charge in [0.2, 0.25) is 0 Å². The number of rotatable bonds is 8. The Morgan fingerprint density at radius 3 is 1.54 bits per heavy atom. The van der Waals surface area contributed by atoms with Crippen LogP contribution in [-0.4, -0.2) is 37.7 Å². The predicted molar refractivity (Wildman–Crippen MR) is 87.2 cm³/mol. The average Bonchev–Trinajstić information content (AvgIpc) is 2.57. The Morgan fingerprint density at radius 1 is 0.833 bits per heavy atom. The molecule has 0 bridgehead atoms. The molecule has 0 heterocycles. The summed E-state index contributed by atoms with van der Waals surface area (Å²) in [5.74, 6) is -3.69. The van der Waals surface area contributed by atoms with Crippen LogP contribution >= 0.6 is 0 Å². The number of benzene rings is 1. The molecule has 0 fully saturated rings. The molecule has 6 heteroatoms. The molecule has 1 atom stereocenters. The van der Waals surface area contributed by atoms with E-state index in [4.69, 9.17) is 14.2 Å². The van der Waals surface area contributed by atoms with Crippen LogP contribution < -0.4 is 0 Å². The first kappa shape index (κ1) is 19.7. The first-order valence-corrected chi connectivity index (χ1v) is 8.03. The van der Waals surface area contributed by atoms with E-state index in [9.17, 15) is 14.4 Å². The maximum absolute atomic E-state index is 12.7. The van der Waals surface area contributed by atoms with Crippen molar-refractivity contribution in [1.82, 2.24) is 0 Å². The molecular weight excluding hydrogens is 312 g/mol. The molecule has 1 rings (SSSR count). The topological polar surface area (TPSA) is 78.9 Å². The lowest BCUT2D eigenvalue weighted by Gasteiger charge is -2.32. The summed E-state index contributed by atoms with van der Waals surface area (Å²) >= 11 is 0. The van der Waals surface area contributed by atoms with E-state index in [0.29, 0.717) is 5.56 Å². The predicted octanol–water partition coefficient (Wildman–Crippen LogP) is 2.47. The van der Waals surface area contributed by atoms with Crippen molar-refractivity contribution in [2.24, 2.45) is 5.41 Å². The highest BCUT2D eigenvalue weighted by molar-refractivity contribution is 6.19. The van der Waals surface area contributed by atoms with Crippen LogP contribution in [0.3, 0.4) is 0 Å². The fourth-order valence-electron chi connectivity index (χ4n) is 2.51. The number of ether oxygens (including phenoxy) is 3. The lowest BCUT2D eigenvalue weighted by molar-refractivity contribution is -0.185. The van der Waals surface area contributed by atoms with Gasteiger partial charge >= 0.3 is 17.9 Å². The SMILES string of the molecule is CCOC(=O)C(C(=O)OCC)(C(=O)OCC)C(C)c1ccccc1. The minimum atomic E-state index is -2.19. The molecule has 0 N–H and O–H groups in total. The third-order valence-corrected chi connectivity index (χ3v) is 3.74. The van der Waals surface area contributed by atoms with Crippen LogP contribution in [0.1, 0.15) is 39.2 Å². The van der Waals surface area contributed by atoms with Crippen LogP contribution in [0, 0.1) is 5.41 Å². The Kier molecular flexibility index (Phi) is 7.42. The van der Waals surface area contributed by atoms with E-state index in [1.807, 2.05) is 0 Å². The molecule has 0 saturated heterocycles. The average molecular weight is 336 g/mol. The molecule has 24 heavy (non-hydrogen) atoms. The van der Waals surface area contributed by atoms with Crippen molar-refractivity contribution in [1.29, 1.82) is 0 Å². The van der Waals surface area contributed by atoms with Gasteiger partial charge in [-0.25, -0.2) is 0 Å². The smallest absolute Gasteiger partial charge is 0.335 e. The molecule has 0 radical (unpaired) electrons. The second kappa shape index (κ2) is 9.05. The molecule has 0 amide bonds. The van der Waals surface area contributed by atoms with Gasteiger partial charge in [-0.1, -0.05) is 37.3 Å². The van der Waals surface area contributed by atoms with Crippen molar-refractivity contribution in [3.8, 4) is 0 Å². The zero-order chi connectivity index (χ0) is 18.2. The fourth-order valence-corrected chi connectivity index (χ4v) is 2.51. The van der Waals surface area contributed by atoms with Gasteiger partial charge in [-0.15, -0.1) is 0 Å².